The van der Waals surface area contributed by atoms with Crippen LogP contribution >= 0.6 is 0 Å². The molecule has 164 valence electrons. The quantitative estimate of drug-likeness (QED) is 0.679. The highest BCUT2D eigenvalue weighted by atomic mass is 16.5. The third-order valence-corrected chi connectivity index (χ3v) is 5.98. The summed E-state index contributed by atoms with van der Waals surface area (Å²) < 4.78 is 5.74. The van der Waals surface area contributed by atoms with Gasteiger partial charge in [0, 0.05) is 36.4 Å². The first-order valence-electron chi connectivity index (χ1n) is 10.6. The topological polar surface area (TPSA) is 131 Å². The number of ether oxygens (including phenoxy) is 1. The van der Waals surface area contributed by atoms with E-state index in [-0.39, 0.29) is 43.3 Å². The minimum Gasteiger partial charge on any atom is -0.474 e. The second-order valence-electron chi connectivity index (χ2n) is 8.12. The zero-order chi connectivity index (χ0) is 22.2. The second-order valence-corrected chi connectivity index (χ2v) is 8.12. The van der Waals surface area contributed by atoms with Crippen molar-refractivity contribution in [1.29, 1.82) is 0 Å². The molecule has 2 fully saturated rings. The lowest BCUT2D eigenvalue weighted by molar-refractivity contribution is -0.136. The van der Waals surface area contributed by atoms with Crippen LogP contribution in [-0.4, -0.2) is 50.6 Å². The van der Waals surface area contributed by atoms with Crippen molar-refractivity contribution in [1.82, 2.24) is 20.2 Å². The Morgan fingerprint density at radius 1 is 1.16 bits per heavy atom. The van der Waals surface area contributed by atoms with Gasteiger partial charge in [-0.3, -0.25) is 29.8 Å². The van der Waals surface area contributed by atoms with Crippen LogP contribution in [0.1, 0.15) is 58.4 Å². The minimum absolute atomic E-state index is 0.133. The third-order valence-electron chi connectivity index (χ3n) is 5.98. The number of fused-ring (bicyclic) bond motifs is 1. The van der Waals surface area contributed by atoms with Crippen molar-refractivity contribution in [2.24, 2.45) is 0 Å². The smallest absolute Gasteiger partial charge is 0.258 e. The zero-order valence-corrected chi connectivity index (χ0v) is 17.2. The maximum atomic E-state index is 12.8. The lowest BCUT2D eigenvalue weighted by atomic mass is 9.96. The van der Waals surface area contributed by atoms with Crippen LogP contribution in [0.15, 0.2) is 30.5 Å². The number of aromatic nitrogens is 2. The zero-order valence-electron chi connectivity index (χ0n) is 17.2. The van der Waals surface area contributed by atoms with Gasteiger partial charge in [0.15, 0.2) is 0 Å². The van der Waals surface area contributed by atoms with Gasteiger partial charge in [0.25, 0.3) is 11.8 Å². The number of amides is 4. The summed E-state index contributed by atoms with van der Waals surface area (Å²) in [4.78, 5) is 58.8. The molecule has 1 atom stereocenters. The van der Waals surface area contributed by atoms with E-state index in [0.717, 1.165) is 19.3 Å². The van der Waals surface area contributed by atoms with Gasteiger partial charge in [0.2, 0.25) is 23.6 Å². The molecule has 10 heteroatoms. The van der Waals surface area contributed by atoms with Gasteiger partial charge < -0.3 is 9.64 Å². The highest BCUT2D eigenvalue weighted by Crippen LogP contribution is 2.28. The highest BCUT2D eigenvalue weighted by molar-refractivity contribution is 6.07. The molecule has 3 aliphatic rings. The Bertz CT molecular complexity index is 1130. The maximum Gasteiger partial charge on any atom is 0.258 e. The SMILES string of the molecule is O=C1CCC(N2Cc3cc(C(=O)Nc4nccc(OC5CCC5)n4)ccc3C2=O)C(=O)N1. The van der Waals surface area contributed by atoms with Crippen molar-refractivity contribution >= 4 is 29.6 Å². The maximum absolute atomic E-state index is 12.8. The summed E-state index contributed by atoms with van der Waals surface area (Å²) in [6.07, 6.45) is 5.29. The lowest BCUT2D eigenvalue weighted by Crippen LogP contribution is -2.52. The molecular weight excluding hydrogens is 414 g/mol. The van der Waals surface area contributed by atoms with E-state index < -0.39 is 17.9 Å². The molecule has 5 rings (SSSR count). The monoisotopic (exact) mass is 435 g/mol. The normalized spacial score (nSPS) is 20.4. The Balaban J connectivity index is 1.28. The van der Waals surface area contributed by atoms with Gasteiger partial charge in [-0.15, -0.1) is 0 Å². The summed E-state index contributed by atoms with van der Waals surface area (Å²) >= 11 is 0. The van der Waals surface area contributed by atoms with Crippen LogP contribution in [0, 0.1) is 0 Å². The van der Waals surface area contributed by atoms with E-state index in [1.807, 2.05) is 0 Å². The fraction of sp³-hybridized carbons (Fsp3) is 0.364. The molecule has 2 aliphatic heterocycles. The fourth-order valence-electron chi connectivity index (χ4n) is 4.02. The molecule has 1 saturated heterocycles. The summed E-state index contributed by atoms with van der Waals surface area (Å²) in [6.45, 7) is 0.197. The lowest BCUT2D eigenvalue weighted by Gasteiger charge is -2.29. The summed E-state index contributed by atoms with van der Waals surface area (Å²) in [5.41, 5.74) is 1.43. The fourth-order valence-corrected chi connectivity index (χ4v) is 4.02. The van der Waals surface area contributed by atoms with E-state index >= 15 is 0 Å². The Kier molecular flexibility index (Phi) is 5.04. The van der Waals surface area contributed by atoms with Gasteiger partial charge >= 0.3 is 0 Å². The number of nitrogens with one attached hydrogen (secondary N) is 2. The number of hydrogen-bond donors (Lipinski definition) is 2. The number of anilines is 1. The van der Waals surface area contributed by atoms with E-state index in [9.17, 15) is 19.2 Å². The first-order chi connectivity index (χ1) is 15.5. The summed E-state index contributed by atoms with van der Waals surface area (Å²) in [7, 11) is 0. The summed E-state index contributed by atoms with van der Waals surface area (Å²) in [5, 5.41) is 4.93. The first-order valence-corrected chi connectivity index (χ1v) is 10.6. The largest absolute Gasteiger partial charge is 0.474 e. The van der Waals surface area contributed by atoms with Crippen LogP contribution in [0.4, 0.5) is 5.95 Å². The Morgan fingerprint density at radius 2 is 2.00 bits per heavy atom. The summed E-state index contributed by atoms with van der Waals surface area (Å²) in [6, 6.07) is 5.71. The van der Waals surface area contributed by atoms with Gasteiger partial charge in [-0.05, 0) is 49.4 Å². The molecular formula is C22H21N5O5. The molecule has 1 aromatic carbocycles. The molecule has 0 spiro atoms. The van der Waals surface area contributed by atoms with Crippen molar-refractivity contribution in [3.63, 3.8) is 0 Å². The standard InChI is InChI=1S/C22H21N5O5/c28-17-7-6-16(20(30)24-17)27-11-13-10-12(4-5-15(13)21(27)31)19(29)26-22-23-9-8-18(25-22)32-14-2-1-3-14/h4-5,8-10,14,16H,1-3,6-7,11H2,(H,24,28,30)(H,23,25,26,29). The molecule has 1 unspecified atom stereocenters. The van der Waals surface area contributed by atoms with Crippen LogP contribution in [0.25, 0.3) is 0 Å². The van der Waals surface area contributed by atoms with Crippen molar-refractivity contribution in [2.45, 2.75) is 50.8 Å². The molecule has 1 aromatic heterocycles. The van der Waals surface area contributed by atoms with Gasteiger partial charge in [-0.25, -0.2) is 4.98 Å². The molecule has 3 heterocycles. The van der Waals surface area contributed by atoms with Crippen molar-refractivity contribution < 1.29 is 23.9 Å². The minimum atomic E-state index is -0.698. The van der Waals surface area contributed by atoms with E-state index in [1.165, 1.54) is 11.1 Å². The van der Waals surface area contributed by atoms with Crippen LogP contribution in [-0.2, 0) is 16.1 Å². The number of carbonyl (C=O) groups is 4. The van der Waals surface area contributed by atoms with Gasteiger partial charge in [0.05, 0.1) is 0 Å². The van der Waals surface area contributed by atoms with Gasteiger partial charge in [-0.1, -0.05) is 0 Å². The molecule has 1 saturated carbocycles. The molecule has 1 aliphatic carbocycles. The second kappa shape index (κ2) is 8.03. The number of rotatable bonds is 5. The van der Waals surface area contributed by atoms with Crippen molar-refractivity contribution in [3.8, 4) is 5.88 Å². The molecule has 4 amide bonds. The number of piperidine rings is 1. The van der Waals surface area contributed by atoms with Crippen LogP contribution in [0.3, 0.4) is 0 Å². The molecule has 2 aromatic rings. The first kappa shape index (κ1) is 20.1. The predicted octanol–water partition coefficient (Wildman–Crippen LogP) is 1.42. The highest BCUT2D eigenvalue weighted by Gasteiger charge is 2.39. The number of benzene rings is 1. The Morgan fingerprint density at radius 3 is 2.75 bits per heavy atom. The molecule has 0 bridgehead atoms. The summed E-state index contributed by atoms with van der Waals surface area (Å²) in [5.74, 6) is -0.959. The Hall–Kier alpha value is -3.82. The van der Waals surface area contributed by atoms with Gasteiger partial charge in [-0.2, -0.15) is 4.98 Å². The molecule has 10 nitrogen and oxygen atoms in total. The predicted molar refractivity (Wildman–Crippen MR) is 111 cm³/mol. The van der Waals surface area contributed by atoms with E-state index in [4.69, 9.17) is 4.74 Å². The van der Waals surface area contributed by atoms with Gasteiger partial charge in [0.1, 0.15) is 12.1 Å². The number of imide groups is 1. The molecule has 32 heavy (non-hydrogen) atoms. The van der Waals surface area contributed by atoms with Crippen LogP contribution in [0.2, 0.25) is 0 Å². The number of hydrogen-bond acceptors (Lipinski definition) is 7. The van der Waals surface area contributed by atoms with E-state index in [2.05, 4.69) is 20.6 Å². The van der Waals surface area contributed by atoms with Crippen LogP contribution in [0.5, 0.6) is 5.88 Å². The molecule has 2 N–H and O–H groups in total. The van der Waals surface area contributed by atoms with E-state index in [1.54, 1.807) is 24.3 Å². The number of carbonyl (C=O) groups excluding carboxylic acids is 4. The van der Waals surface area contributed by atoms with Crippen molar-refractivity contribution in [2.75, 3.05) is 5.32 Å². The number of nitrogens with zero attached hydrogens (tertiary/aromatic N) is 3. The van der Waals surface area contributed by atoms with Crippen LogP contribution < -0.4 is 15.4 Å². The average molecular weight is 435 g/mol. The average Bonchev–Trinajstić information content (AvgIpc) is 3.07. The van der Waals surface area contributed by atoms with Crippen molar-refractivity contribution in [3.05, 3.63) is 47.2 Å². The molecule has 0 radical (unpaired) electrons. The van der Waals surface area contributed by atoms with E-state index in [0.29, 0.717) is 22.6 Å². The Labute approximate surface area is 183 Å². The third kappa shape index (κ3) is 3.79.